The summed E-state index contributed by atoms with van der Waals surface area (Å²) >= 11 is 0. The van der Waals surface area contributed by atoms with Crippen molar-refractivity contribution in [3.63, 3.8) is 0 Å². The Morgan fingerprint density at radius 1 is 1.28 bits per heavy atom. The van der Waals surface area contributed by atoms with Crippen molar-refractivity contribution in [1.82, 2.24) is 10.3 Å². The average molecular weight is 364 g/mol. The predicted molar refractivity (Wildman–Crippen MR) is 80.9 cm³/mol. The summed E-state index contributed by atoms with van der Waals surface area (Å²) in [7, 11) is 1.04. The van der Waals surface area contributed by atoms with Crippen LogP contribution in [-0.2, 0) is 26.9 Å². The van der Waals surface area contributed by atoms with E-state index in [4.69, 9.17) is 4.74 Å². The van der Waals surface area contributed by atoms with Gasteiger partial charge < -0.3 is 19.8 Å². The molecular weight excluding hydrogens is 345 g/mol. The number of aromatic amines is 1. The van der Waals surface area contributed by atoms with E-state index >= 15 is 0 Å². The minimum Gasteiger partial charge on any atom is -0.467 e. The van der Waals surface area contributed by atoms with Crippen LogP contribution < -0.4 is 10.9 Å². The SMILES string of the molecule is COC(=O)[C@H](Cc1cc(C(F)(F)F)c[nH]c1=O)NC(=O)OC(C)(C)C. The zero-order chi connectivity index (χ0) is 19.4. The number of methoxy groups -OCH3 is 1. The summed E-state index contributed by atoms with van der Waals surface area (Å²) in [5, 5.41) is 2.19. The first-order chi connectivity index (χ1) is 11.3. The number of hydrogen-bond acceptors (Lipinski definition) is 5. The number of amides is 1. The standard InChI is InChI=1S/C15H19F3N2O5/c1-14(2,3)25-13(23)20-10(12(22)24-4)6-8-5-9(15(16,17)18)7-19-11(8)21/h5,7,10H,6H2,1-4H3,(H,19,21)(H,20,23)/t10-/m0/s1. The highest BCUT2D eigenvalue weighted by atomic mass is 19.4. The van der Waals surface area contributed by atoms with Gasteiger partial charge in [-0.2, -0.15) is 13.2 Å². The van der Waals surface area contributed by atoms with E-state index in [9.17, 15) is 27.6 Å². The zero-order valence-electron chi connectivity index (χ0n) is 14.1. The maximum absolute atomic E-state index is 12.8. The fourth-order valence-corrected chi connectivity index (χ4v) is 1.85. The van der Waals surface area contributed by atoms with Crippen molar-refractivity contribution >= 4 is 12.1 Å². The van der Waals surface area contributed by atoms with Gasteiger partial charge in [0.1, 0.15) is 11.6 Å². The Hall–Kier alpha value is -2.52. The molecule has 1 aromatic rings. The molecule has 0 saturated heterocycles. The number of carbonyl (C=O) groups excluding carboxylic acids is 2. The Kier molecular flexibility index (Phi) is 6.22. The quantitative estimate of drug-likeness (QED) is 0.797. The summed E-state index contributed by atoms with van der Waals surface area (Å²) in [6, 6.07) is -0.768. The second-order valence-electron chi connectivity index (χ2n) is 6.17. The van der Waals surface area contributed by atoms with Crippen LogP contribution in [0.1, 0.15) is 31.9 Å². The van der Waals surface area contributed by atoms with Crippen molar-refractivity contribution in [2.75, 3.05) is 7.11 Å². The van der Waals surface area contributed by atoms with Crippen LogP contribution in [0.3, 0.4) is 0 Å². The number of rotatable bonds is 4. The van der Waals surface area contributed by atoms with E-state index in [0.717, 1.165) is 7.11 Å². The van der Waals surface area contributed by atoms with Gasteiger partial charge in [0.25, 0.3) is 5.56 Å². The lowest BCUT2D eigenvalue weighted by Gasteiger charge is -2.22. The molecule has 0 aliphatic carbocycles. The molecule has 7 nitrogen and oxygen atoms in total. The fourth-order valence-electron chi connectivity index (χ4n) is 1.85. The van der Waals surface area contributed by atoms with E-state index in [1.165, 1.54) is 0 Å². The van der Waals surface area contributed by atoms with Crippen LogP contribution in [0.4, 0.5) is 18.0 Å². The smallest absolute Gasteiger partial charge is 0.417 e. The van der Waals surface area contributed by atoms with Gasteiger partial charge in [0.15, 0.2) is 0 Å². The van der Waals surface area contributed by atoms with E-state index in [-0.39, 0.29) is 5.56 Å². The summed E-state index contributed by atoms with van der Waals surface area (Å²) in [5.74, 6) is -0.928. The third kappa shape index (κ3) is 6.48. The normalized spacial score (nSPS) is 13.1. The van der Waals surface area contributed by atoms with Crippen LogP contribution in [0.15, 0.2) is 17.1 Å². The molecule has 0 bridgehead atoms. The molecule has 0 fully saturated rings. The first-order valence-electron chi connectivity index (χ1n) is 7.19. The maximum atomic E-state index is 12.8. The van der Waals surface area contributed by atoms with Gasteiger partial charge in [-0.05, 0) is 26.8 Å². The number of pyridine rings is 1. The minimum atomic E-state index is -4.67. The number of hydrogen-bond donors (Lipinski definition) is 2. The Morgan fingerprint density at radius 2 is 1.88 bits per heavy atom. The van der Waals surface area contributed by atoms with Crippen molar-refractivity contribution in [3.8, 4) is 0 Å². The third-order valence-electron chi connectivity index (χ3n) is 2.91. The van der Waals surface area contributed by atoms with Crippen LogP contribution in [0.2, 0.25) is 0 Å². The van der Waals surface area contributed by atoms with Gasteiger partial charge >= 0.3 is 18.2 Å². The van der Waals surface area contributed by atoms with Gasteiger partial charge in [0, 0.05) is 18.2 Å². The largest absolute Gasteiger partial charge is 0.467 e. The predicted octanol–water partition coefficient (Wildman–Crippen LogP) is 2.00. The molecule has 0 aromatic carbocycles. The van der Waals surface area contributed by atoms with Gasteiger partial charge in [-0.15, -0.1) is 0 Å². The number of ether oxygens (including phenoxy) is 2. The number of H-pyrrole nitrogens is 1. The van der Waals surface area contributed by atoms with Gasteiger partial charge in [-0.3, -0.25) is 4.79 Å². The molecule has 0 unspecified atom stereocenters. The molecule has 1 amide bonds. The first-order valence-corrected chi connectivity index (χ1v) is 7.19. The summed E-state index contributed by atoms with van der Waals surface area (Å²) < 4.78 is 47.8. The molecule has 0 radical (unpaired) electrons. The number of alkyl carbamates (subject to hydrolysis) is 1. The number of nitrogens with one attached hydrogen (secondary N) is 2. The Labute approximate surface area is 141 Å². The average Bonchev–Trinajstić information content (AvgIpc) is 2.44. The van der Waals surface area contributed by atoms with Gasteiger partial charge in [0.05, 0.1) is 12.7 Å². The Bertz CT molecular complexity index is 692. The highest BCUT2D eigenvalue weighted by Crippen LogP contribution is 2.28. The van der Waals surface area contributed by atoms with E-state index in [2.05, 4.69) is 10.1 Å². The lowest BCUT2D eigenvalue weighted by molar-refractivity contribution is -0.143. The minimum absolute atomic E-state index is 0.332. The van der Waals surface area contributed by atoms with Crippen molar-refractivity contribution < 1.29 is 32.2 Å². The number of aromatic nitrogens is 1. The first kappa shape index (κ1) is 20.5. The molecule has 0 aliphatic heterocycles. The molecule has 1 heterocycles. The van der Waals surface area contributed by atoms with Crippen molar-refractivity contribution in [3.05, 3.63) is 33.7 Å². The molecule has 0 spiro atoms. The highest BCUT2D eigenvalue weighted by Gasteiger charge is 2.32. The number of halogens is 3. The summed E-state index contributed by atoms with van der Waals surface area (Å²) in [6.07, 6.45) is -5.60. The van der Waals surface area contributed by atoms with Gasteiger partial charge in [0.2, 0.25) is 0 Å². The van der Waals surface area contributed by atoms with Crippen LogP contribution in [-0.4, -0.2) is 35.8 Å². The summed E-state index contributed by atoms with van der Waals surface area (Å²) in [4.78, 5) is 37.3. The molecule has 10 heteroatoms. The molecule has 0 aliphatic rings. The molecular formula is C15H19F3N2O5. The van der Waals surface area contributed by atoms with Crippen molar-refractivity contribution in [1.29, 1.82) is 0 Å². The third-order valence-corrected chi connectivity index (χ3v) is 2.91. The van der Waals surface area contributed by atoms with E-state index in [0.29, 0.717) is 12.3 Å². The number of carbonyl (C=O) groups is 2. The Morgan fingerprint density at radius 3 is 2.36 bits per heavy atom. The summed E-state index contributed by atoms with van der Waals surface area (Å²) in [5.41, 5.74) is -3.07. The molecule has 1 aromatic heterocycles. The molecule has 140 valence electrons. The number of alkyl halides is 3. The molecule has 2 N–H and O–H groups in total. The van der Waals surface area contributed by atoms with E-state index in [1.54, 1.807) is 20.8 Å². The van der Waals surface area contributed by atoms with Crippen LogP contribution in [0.25, 0.3) is 0 Å². The molecule has 1 atom stereocenters. The second-order valence-corrected chi connectivity index (χ2v) is 6.17. The Balaban J connectivity index is 3.05. The topological polar surface area (TPSA) is 97.5 Å². The zero-order valence-corrected chi connectivity index (χ0v) is 14.1. The number of esters is 1. The van der Waals surface area contributed by atoms with Crippen LogP contribution >= 0.6 is 0 Å². The van der Waals surface area contributed by atoms with E-state index in [1.807, 2.05) is 4.98 Å². The van der Waals surface area contributed by atoms with E-state index < -0.39 is 47.4 Å². The van der Waals surface area contributed by atoms with Crippen molar-refractivity contribution in [2.45, 2.75) is 45.0 Å². The van der Waals surface area contributed by atoms with Gasteiger partial charge in [-0.25, -0.2) is 9.59 Å². The maximum Gasteiger partial charge on any atom is 0.417 e. The second kappa shape index (κ2) is 7.58. The molecule has 25 heavy (non-hydrogen) atoms. The fraction of sp³-hybridized carbons (Fsp3) is 0.533. The molecule has 0 saturated carbocycles. The molecule has 1 rings (SSSR count). The lowest BCUT2D eigenvalue weighted by Crippen LogP contribution is -2.46. The van der Waals surface area contributed by atoms with Crippen LogP contribution in [0, 0.1) is 0 Å². The highest BCUT2D eigenvalue weighted by molar-refractivity contribution is 5.81. The van der Waals surface area contributed by atoms with Gasteiger partial charge in [-0.1, -0.05) is 0 Å². The van der Waals surface area contributed by atoms with Crippen LogP contribution in [0.5, 0.6) is 0 Å². The van der Waals surface area contributed by atoms with Crippen molar-refractivity contribution in [2.24, 2.45) is 0 Å². The summed E-state index contributed by atoms with van der Waals surface area (Å²) in [6.45, 7) is 4.78. The lowest BCUT2D eigenvalue weighted by atomic mass is 10.1. The monoisotopic (exact) mass is 364 g/mol.